The Bertz CT molecular complexity index is 645. The van der Waals surface area contributed by atoms with Gasteiger partial charge in [0.25, 0.3) is 0 Å². The number of carbonyl (C=O) groups excluding carboxylic acids is 1. The number of aromatic nitrogens is 2. The van der Waals surface area contributed by atoms with Gasteiger partial charge in [-0.2, -0.15) is 0 Å². The fourth-order valence-corrected chi connectivity index (χ4v) is 2.77. The van der Waals surface area contributed by atoms with E-state index < -0.39 is 18.1 Å². The van der Waals surface area contributed by atoms with E-state index in [9.17, 15) is 14.7 Å². The van der Waals surface area contributed by atoms with Crippen LogP contribution in [-0.2, 0) is 22.6 Å². The summed E-state index contributed by atoms with van der Waals surface area (Å²) in [5.41, 5.74) is 1.61. The Morgan fingerprint density at radius 1 is 1.36 bits per heavy atom. The molecule has 1 aromatic carbocycles. The van der Waals surface area contributed by atoms with E-state index in [2.05, 4.69) is 10.3 Å². The van der Waals surface area contributed by atoms with Crippen LogP contribution in [0.5, 0.6) is 0 Å². The molecule has 1 heterocycles. The van der Waals surface area contributed by atoms with Crippen LogP contribution in [0, 0.1) is 0 Å². The first-order chi connectivity index (χ1) is 10.6. The van der Waals surface area contributed by atoms with Crippen molar-refractivity contribution in [2.45, 2.75) is 19.1 Å². The number of hydrogen-bond donors (Lipinski definition) is 2. The predicted octanol–water partition coefficient (Wildman–Crippen LogP) is 0.737. The first-order valence-corrected chi connectivity index (χ1v) is 8.53. The first kappa shape index (κ1) is 16.5. The van der Waals surface area contributed by atoms with E-state index in [1.807, 2.05) is 32.7 Å². The molecule has 112 valence electrons. The summed E-state index contributed by atoms with van der Waals surface area (Å²) in [5.74, 6) is -1.11. The van der Waals surface area contributed by atoms with Crippen LogP contribution < -0.4 is 5.32 Å². The summed E-state index contributed by atoms with van der Waals surface area (Å²) in [7, 11) is 0. The predicted molar refractivity (Wildman–Crippen MR) is 78.3 cm³/mol. The Kier molecular flexibility index (Phi) is 5.93. The summed E-state index contributed by atoms with van der Waals surface area (Å²) in [6, 6.07) is 8.14. The van der Waals surface area contributed by atoms with Crippen molar-refractivity contribution in [2.75, 3.05) is 0 Å². The third kappa shape index (κ3) is 4.83. The number of rotatable bonds is 6. The Hall–Kier alpha value is -1.91. The molecule has 1 atom stereocenters. The van der Waals surface area contributed by atoms with Crippen LogP contribution in [0.1, 0.15) is 11.3 Å². The molecule has 0 saturated heterocycles. The minimum atomic E-state index is -1.11. The van der Waals surface area contributed by atoms with E-state index in [1.54, 1.807) is 12.5 Å². The van der Waals surface area contributed by atoms with Gasteiger partial charge in [0.1, 0.15) is 0 Å². The van der Waals surface area contributed by atoms with Gasteiger partial charge in [-0.05, 0) is 0 Å². The number of ether oxygens (including phenoxy) is 1. The number of carboxylic acid groups (broad SMARTS) is 1. The van der Waals surface area contributed by atoms with Crippen LogP contribution in [0.3, 0.4) is 0 Å². The summed E-state index contributed by atoms with van der Waals surface area (Å²) in [6.45, 7) is 0.0962. The molecule has 0 saturated carbocycles. The van der Waals surface area contributed by atoms with Crippen molar-refractivity contribution in [1.82, 2.24) is 12.7 Å². The van der Waals surface area contributed by atoms with Crippen LogP contribution >= 0.6 is 0 Å². The van der Waals surface area contributed by atoms with Gasteiger partial charge in [-0.15, -0.1) is 0 Å². The molecule has 2 rings (SSSR count). The van der Waals surface area contributed by atoms with Gasteiger partial charge >= 0.3 is 143 Å². The number of aliphatic carboxylic acids is 1. The van der Waals surface area contributed by atoms with Crippen LogP contribution in [0.15, 0.2) is 42.9 Å². The normalized spacial score (nSPS) is 11.6. The molecule has 22 heavy (non-hydrogen) atoms. The van der Waals surface area contributed by atoms with Gasteiger partial charge in [-0.1, -0.05) is 0 Å². The first-order valence-electron chi connectivity index (χ1n) is 6.52. The standard InChI is InChI=1S/C14H15N3O4.Tl/c18-13(19)12(6-11-7-15-9-16-11)17-14(20)21-8-10-4-2-1-3-5-10;/h1-5,7,9,12H,6,8H2,(H3,15,16,17,18,19,20);/q;+1/p-1/t12-;/m0./s1. The summed E-state index contributed by atoms with van der Waals surface area (Å²) >= 11 is 0.488. The Morgan fingerprint density at radius 3 is 2.68 bits per heavy atom. The molecule has 0 unspecified atom stereocenters. The van der Waals surface area contributed by atoms with Crippen LogP contribution in [0.4, 0.5) is 4.79 Å². The minimum absolute atomic E-state index is 0.0962. The second kappa shape index (κ2) is 7.92. The summed E-state index contributed by atoms with van der Waals surface area (Å²) in [4.78, 5) is 27.0. The van der Waals surface area contributed by atoms with Gasteiger partial charge in [0, 0.05) is 0 Å². The molecule has 0 aliphatic rings. The zero-order valence-corrected chi connectivity index (χ0v) is 16.2. The molecule has 0 radical (unpaired) electrons. The monoisotopic (exact) mass is 493 g/mol. The molecule has 1 amide bonds. The number of amides is 1. The molecule has 1 aromatic heterocycles. The van der Waals surface area contributed by atoms with Crippen molar-refractivity contribution in [2.24, 2.45) is 0 Å². The van der Waals surface area contributed by atoms with Crippen molar-refractivity contribution in [3.63, 3.8) is 0 Å². The quantitative estimate of drug-likeness (QED) is 0.580. The Labute approximate surface area is 143 Å². The number of nitrogens with zero attached hydrogens (tertiary/aromatic N) is 2. The molecule has 2 aromatic rings. The summed E-state index contributed by atoms with van der Waals surface area (Å²) < 4.78 is 6.90. The second-order valence-corrected chi connectivity index (χ2v) is 6.76. The third-order valence-corrected chi connectivity index (χ3v) is 4.77. The number of carbonyl (C=O) groups is 2. The van der Waals surface area contributed by atoms with Crippen LogP contribution in [0.25, 0.3) is 0 Å². The van der Waals surface area contributed by atoms with E-state index in [4.69, 9.17) is 4.74 Å². The average molecular weight is 493 g/mol. The molecule has 0 aliphatic heterocycles. The number of nitrogens with one attached hydrogen (secondary N) is 1. The van der Waals surface area contributed by atoms with E-state index >= 15 is 0 Å². The van der Waals surface area contributed by atoms with Gasteiger partial charge in [0.15, 0.2) is 0 Å². The van der Waals surface area contributed by atoms with Gasteiger partial charge < -0.3 is 0 Å². The average Bonchev–Trinajstić information content (AvgIpc) is 2.91. The van der Waals surface area contributed by atoms with Crippen LogP contribution in [-0.4, -0.2) is 56.6 Å². The molecule has 0 fully saturated rings. The third-order valence-electron chi connectivity index (χ3n) is 2.96. The number of imidazole rings is 1. The van der Waals surface area contributed by atoms with Gasteiger partial charge in [0.05, 0.1) is 0 Å². The Morgan fingerprint density at radius 2 is 2.09 bits per heavy atom. The zero-order valence-electron chi connectivity index (χ0n) is 11.7. The molecule has 0 aliphatic carbocycles. The van der Waals surface area contributed by atoms with E-state index in [0.717, 1.165) is 11.3 Å². The van der Waals surface area contributed by atoms with Crippen molar-refractivity contribution in [3.8, 4) is 0 Å². The number of carboxylic acids is 1. The molecular weight excluding hydrogens is 479 g/mol. The number of hydrogen-bond acceptors (Lipinski definition) is 4. The van der Waals surface area contributed by atoms with E-state index in [0.29, 0.717) is 26.1 Å². The maximum atomic E-state index is 11.7. The summed E-state index contributed by atoms with van der Waals surface area (Å²) in [5, 5.41) is 11.6. The topological polar surface area (TPSA) is 93.5 Å². The van der Waals surface area contributed by atoms with Gasteiger partial charge in [-0.25, -0.2) is 0 Å². The molecule has 0 spiro atoms. The fraction of sp³-hybridized carbons (Fsp3) is 0.214. The molecule has 8 heteroatoms. The fourth-order valence-electron chi connectivity index (χ4n) is 1.81. The zero-order chi connectivity index (χ0) is 15.9. The van der Waals surface area contributed by atoms with Gasteiger partial charge in [0.2, 0.25) is 0 Å². The SMILES string of the molecule is O=C(N[C@@H](Cc1cnc[n]1[Tl])C(=O)O)OCc1ccccc1. The Balaban J connectivity index is 1.89. The van der Waals surface area contributed by atoms with E-state index in [-0.39, 0.29) is 13.0 Å². The molecule has 0 bridgehead atoms. The maximum absolute atomic E-state index is 11.7. The van der Waals surface area contributed by atoms with Crippen molar-refractivity contribution in [1.29, 1.82) is 0 Å². The van der Waals surface area contributed by atoms with Crippen molar-refractivity contribution < 1.29 is 19.4 Å². The number of alkyl carbamates (subject to hydrolysis) is 1. The van der Waals surface area contributed by atoms with Crippen LogP contribution in [0.2, 0.25) is 0 Å². The summed E-state index contributed by atoms with van der Waals surface area (Å²) in [6.07, 6.45) is 2.67. The second-order valence-electron chi connectivity index (χ2n) is 4.59. The van der Waals surface area contributed by atoms with E-state index in [1.165, 1.54) is 0 Å². The molecular formula is C14H14N3O4Tl. The number of benzene rings is 1. The molecule has 7 nitrogen and oxygen atoms in total. The van der Waals surface area contributed by atoms with Crippen molar-refractivity contribution in [3.05, 3.63) is 54.1 Å². The van der Waals surface area contributed by atoms with Gasteiger partial charge in [-0.3, -0.25) is 0 Å². The van der Waals surface area contributed by atoms with Crippen molar-refractivity contribution >= 4 is 38.1 Å². The molecule has 2 N–H and O–H groups in total.